The van der Waals surface area contributed by atoms with E-state index < -0.39 is 0 Å². The van der Waals surface area contributed by atoms with E-state index in [4.69, 9.17) is 4.42 Å². The molecule has 0 aliphatic carbocycles. The standard InChI is InChI=1S/C11H10N2O2/c1-8-7-11(14)13-10(12-8)5-4-9-3-2-6-15-9/h2-7H,1H3,(H,12,13,14). The Hall–Kier alpha value is -2.10. The number of nitrogens with zero attached hydrogens (tertiary/aromatic N) is 1. The van der Waals surface area contributed by atoms with E-state index >= 15 is 0 Å². The molecule has 0 unspecified atom stereocenters. The van der Waals surface area contributed by atoms with Gasteiger partial charge in [0.1, 0.15) is 11.6 Å². The van der Waals surface area contributed by atoms with Gasteiger partial charge in [-0.2, -0.15) is 0 Å². The van der Waals surface area contributed by atoms with Crippen LogP contribution in [0.5, 0.6) is 0 Å². The average molecular weight is 202 g/mol. The van der Waals surface area contributed by atoms with E-state index in [1.807, 2.05) is 6.07 Å². The fourth-order valence-corrected chi connectivity index (χ4v) is 1.23. The van der Waals surface area contributed by atoms with E-state index in [9.17, 15) is 4.79 Å². The maximum Gasteiger partial charge on any atom is 0.251 e. The molecule has 0 amide bonds. The van der Waals surface area contributed by atoms with Gasteiger partial charge < -0.3 is 9.40 Å². The van der Waals surface area contributed by atoms with Crippen molar-refractivity contribution in [3.8, 4) is 0 Å². The number of hydrogen-bond acceptors (Lipinski definition) is 3. The molecule has 76 valence electrons. The van der Waals surface area contributed by atoms with Crippen LogP contribution in [0.4, 0.5) is 0 Å². The normalized spacial score (nSPS) is 11.0. The zero-order valence-corrected chi connectivity index (χ0v) is 8.23. The molecule has 0 aliphatic heterocycles. The minimum Gasteiger partial charge on any atom is -0.465 e. The summed E-state index contributed by atoms with van der Waals surface area (Å²) in [5, 5.41) is 0. The van der Waals surface area contributed by atoms with Gasteiger partial charge >= 0.3 is 0 Å². The van der Waals surface area contributed by atoms with Crippen LogP contribution in [0.3, 0.4) is 0 Å². The Morgan fingerprint density at radius 2 is 2.33 bits per heavy atom. The molecule has 4 heteroatoms. The predicted molar refractivity (Wildman–Crippen MR) is 57.2 cm³/mol. The van der Waals surface area contributed by atoms with Crippen molar-refractivity contribution in [2.24, 2.45) is 0 Å². The van der Waals surface area contributed by atoms with Gasteiger partial charge in [-0.15, -0.1) is 0 Å². The maximum atomic E-state index is 11.1. The third-order valence-electron chi connectivity index (χ3n) is 1.84. The van der Waals surface area contributed by atoms with Gasteiger partial charge in [-0.05, 0) is 31.2 Å². The van der Waals surface area contributed by atoms with Crippen LogP contribution < -0.4 is 5.56 Å². The number of aromatic amines is 1. The van der Waals surface area contributed by atoms with E-state index in [-0.39, 0.29) is 5.56 Å². The molecule has 0 fully saturated rings. The van der Waals surface area contributed by atoms with E-state index in [1.165, 1.54) is 6.07 Å². The van der Waals surface area contributed by atoms with Crippen molar-refractivity contribution in [1.29, 1.82) is 0 Å². The molecule has 0 spiro atoms. The topological polar surface area (TPSA) is 58.9 Å². The molecule has 2 aromatic heterocycles. The molecule has 0 saturated carbocycles. The number of hydrogen-bond donors (Lipinski definition) is 1. The van der Waals surface area contributed by atoms with E-state index in [0.29, 0.717) is 11.5 Å². The van der Waals surface area contributed by atoms with Crippen molar-refractivity contribution in [2.45, 2.75) is 6.92 Å². The Labute approximate surface area is 86.3 Å². The third kappa shape index (κ3) is 2.43. The second-order valence-corrected chi connectivity index (χ2v) is 3.12. The van der Waals surface area contributed by atoms with E-state index in [2.05, 4.69) is 9.97 Å². The number of rotatable bonds is 2. The lowest BCUT2D eigenvalue weighted by Gasteiger charge is -1.93. The Bertz CT molecular complexity index is 524. The summed E-state index contributed by atoms with van der Waals surface area (Å²) in [5.41, 5.74) is 0.541. The number of nitrogens with one attached hydrogen (secondary N) is 1. The molecule has 1 N–H and O–H groups in total. The summed E-state index contributed by atoms with van der Waals surface area (Å²) in [6.45, 7) is 1.78. The van der Waals surface area contributed by atoms with Crippen molar-refractivity contribution in [2.75, 3.05) is 0 Å². The van der Waals surface area contributed by atoms with Gasteiger partial charge in [0, 0.05) is 11.8 Å². The quantitative estimate of drug-likeness (QED) is 0.808. The highest BCUT2D eigenvalue weighted by Gasteiger charge is 1.94. The fourth-order valence-electron chi connectivity index (χ4n) is 1.23. The first-order chi connectivity index (χ1) is 7.24. The predicted octanol–water partition coefficient (Wildman–Crippen LogP) is 1.84. The van der Waals surface area contributed by atoms with Crippen LogP contribution in [-0.4, -0.2) is 9.97 Å². The smallest absolute Gasteiger partial charge is 0.251 e. The van der Waals surface area contributed by atoms with Crippen molar-refractivity contribution in [3.63, 3.8) is 0 Å². The van der Waals surface area contributed by atoms with Crippen molar-refractivity contribution in [1.82, 2.24) is 9.97 Å². The zero-order valence-electron chi connectivity index (χ0n) is 8.23. The average Bonchev–Trinajstić information content (AvgIpc) is 2.65. The molecule has 2 rings (SSSR count). The fraction of sp³-hybridized carbons (Fsp3) is 0.0909. The maximum absolute atomic E-state index is 11.1. The molecule has 4 nitrogen and oxygen atoms in total. The summed E-state index contributed by atoms with van der Waals surface area (Å²) in [5.74, 6) is 1.25. The van der Waals surface area contributed by atoms with E-state index in [0.717, 1.165) is 5.76 Å². The first-order valence-electron chi connectivity index (χ1n) is 4.53. The van der Waals surface area contributed by atoms with Gasteiger partial charge in [-0.1, -0.05) is 0 Å². The molecule has 0 aliphatic rings. The lowest BCUT2D eigenvalue weighted by Crippen LogP contribution is -2.08. The second kappa shape index (κ2) is 3.96. The van der Waals surface area contributed by atoms with Gasteiger partial charge in [0.05, 0.1) is 6.26 Å². The van der Waals surface area contributed by atoms with Crippen molar-refractivity contribution < 1.29 is 4.42 Å². The van der Waals surface area contributed by atoms with Gasteiger partial charge in [-0.25, -0.2) is 4.98 Å². The number of furan rings is 1. The van der Waals surface area contributed by atoms with Crippen LogP contribution >= 0.6 is 0 Å². The van der Waals surface area contributed by atoms with Crippen LogP contribution in [0.15, 0.2) is 33.7 Å². The molecule has 15 heavy (non-hydrogen) atoms. The van der Waals surface area contributed by atoms with Gasteiger partial charge in [0.15, 0.2) is 0 Å². The molecule has 0 bridgehead atoms. The molecule has 0 saturated heterocycles. The van der Waals surface area contributed by atoms with Crippen LogP contribution in [0.1, 0.15) is 17.3 Å². The van der Waals surface area contributed by atoms with Crippen LogP contribution in [0.25, 0.3) is 12.2 Å². The summed E-state index contributed by atoms with van der Waals surface area (Å²) in [4.78, 5) is 17.9. The molecule has 2 aromatic rings. The molecule has 2 heterocycles. The lowest BCUT2D eigenvalue weighted by atomic mass is 10.3. The molecule has 0 radical (unpaired) electrons. The Morgan fingerprint density at radius 1 is 1.47 bits per heavy atom. The van der Waals surface area contributed by atoms with Crippen molar-refractivity contribution in [3.05, 3.63) is 52.1 Å². The van der Waals surface area contributed by atoms with E-state index in [1.54, 1.807) is 31.4 Å². The zero-order chi connectivity index (χ0) is 10.7. The number of aryl methyl sites for hydroxylation is 1. The summed E-state index contributed by atoms with van der Waals surface area (Å²) < 4.78 is 5.11. The van der Waals surface area contributed by atoms with Crippen LogP contribution in [-0.2, 0) is 0 Å². The van der Waals surface area contributed by atoms with Gasteiger partial charge in [0.25, 0.3) is 5.56 Å². The lowest BCUT2D eigenvalue weighted by molar-refractivity contribution is 0.557. The largest absolute Gasteiger partial charge is 0.465 e. The summed E-state index contributed by atoms with van der Waals surface area (Å²) in [6, 6.07) is 5.07. The van der Waals surface area contributed by atoms with Gasteiger partial charge in [0.2, 0.25) is 0 Å². The number of aromatic nitrogens is 2. The van der Waals surface area contributed by atoms with Crippen molar-refractivity contribution >= 4 is 12.2 Å². The molecule has 0 atom stereocenters. The Morgan fingerprint density at radius 3 is 3.00 bits per heavy atom. The summed E-state index contributed by atoms with van der Waals surface area (Å²) in [7, 11) is 0. The highest BCUT2D eigenvalue weighted by molar-refractivity contribution is 5.63. The molecular formula is C11H10N2O2. The second-order valence-electron chi connectivity index (χ2n) is 3.12. The Kier molecular flexibility index (Phi) is 2.49. The minimum atomic E-state index is -0.151. The Balaban J connectivity index is 2.28. The minimum absolute atomic E-state index is 0.151. The third-order valence-corrected chi connectivity index (χ3v) is 1.84. The van der Waals surface area contributed by atoms with Crippen LogP contribution in [0.2, 0.25) is 0 Å². The molecule has 0 aromatic carbocycles. The van der Waals surface area contributed by atoms with Gasteiger partial charge in [-0.3, -0.25) is 4.79 Å². The first kappa shape index (κ1) is 9.45. The summed E-state index contributed by atoms with van der Waals surface area (Å²) >= 11 is 0. The monoisotopic (exact) mass is 202 g/mol. The SMILES string of the molecule is Cc1cc(=O)[nH]c(C=Cc2ccco2)n1. The summed E-state index contributed by atoms with van der Waals surface area (Å²) in [6.07, 6.45) is 5.04. The van der Waals surface area contributed by atoms with Crippen LogP contribution in [0, 0.1) is 6.92 Å². The number of H-pyrrole nitrogens is 1. The highest BCUT2D eigenvalue weighted by Crippen LogP contribution is 2.04. The molecular weight excluding hydrogens is 192 g/mol. The highest BCUT2D eigenvalue weighted by atomic mass is 16.3. The first-order valence-corrected chi connectivity index (χ1v) is 4.53.